The molecule has 0 saturated carbocycles. The van der Waals surface area contributed by atoms with Crippen molar-refractivity contribution in [1.29, 1.82) is 5.26 Å². The maximum absolute atomic E-state index is 9.86. The first kappa shape index (κ1) is 19.0. The zero-order chi connectivity index (χ0) is 22.2. The van der Waals surface area contributed by atoms with E-state index in [4.69, 9.17) is 4.98 Å². The summed E-state index contributed by atoms with van der Waals surface area (Å²) in [4.78, 5) is 5.01. The van der Waals surface area contributed by atoms with Gasteiger partial charge in [0.2, 0.25) is 0 Å². The Morgan fingerprint density at radius 3 is 2.12 bits per heavy atom. The Morgan fingerprint density at radius 2 is 1.33 bits per heavy atom. The van der Waals surface area contributed by atoms with Crippen molar-refractivity contribution in [3.8, 4) is 34.3 Å². The number of hydrogen-bond acceptors (Lipinski definition) is 2. The fraction of sp³-hybridized carbons (Fsp3) is 0. The maximum Gasteiger partial charge on any atom is 0.0992 e. The van der Waals surface area contributed by atoms with Crippen LogP contribution in [0.15, 0.2) is 115 Å². The van der Waals surface area contributed by atoms with Gasteiger partial charge in [0.15, 0.2) is 0 Å². The molecule has 0 amide bonds. The lowest BCUT2D eigenvalue weighted by molar-refractivity contribution is 1.18. The average molecular weight is 422 g/mol. The molecule has 33 heavy (non-hydrogen) atoms. The highest BCUT2D eigenvalue weighted by atomic mass is 15.0. The third kappa shape index (κ3) is 3.17. The molecule has 0 radical (unpaired) electrons. The van der Waals surface area contributed by atoms with Crippen molar-refractivity contribution in [2.24, 2.45) is 0 Å². The van der Waals surface area contributed by atoms with Crippen LogP contribution in [0.1, 0.15) is 5.56 Å². The first-order valence-corrected chi connectivity index (χ1v) is 10.9. The summed E-state index contributed by atoms with van der Waals surface area (Å²) in [6.07, 6.45) is 0. The van der Waals surface area contributed by atoms with E-state index in [1.807, 2.05) is 66.7 Å². The van der Waals surface area contributed by atoms with E-state index in [9.17, 15) is 5.26 Å². The molecule has 0 bridgehead atoms. The van der Waals surface area contributed by atoms with Crippen LogP contribution in [0.2, 0.25) is 0 Å². The molecule has 3 heteroatoms. The fourth-order valence-corrected chi connectivity index (χ4v) is 4.57. The summed E-state index contributed by atoms with van der Waals surface area (Å²) >= 11 is 0. The summed E-state index contributed by atoms with van der Waals surface area (Å²) in [6, 6.07) is 41.2. The predicted octanol–water partition coefficient (Wildman–Crippen LogP) is 7.38. The van der Waals surface area contributed by atoms with Crippen LogP contribution in [0.3, 0.4) is 0 Å². The number of fused-ring (bicyclic) bond motifs is 3. The van der Waals surface area contributed by atoms with Crippen LogP contribution in [0, 0.1) is 11.3 Å². The van der Waals surface area contributed by atoms with E-state index in [1.54, 1.807) is 0 Å². The number of benzene rings is 4. The third-order valence-electron chi connectivity index (χ3n) is 6.01. The minimum Gasteiger partial charge on any atom is -0.309 e. The molecule has 0 aliphatic rings. The Hall–Kier alpha value is -4.68. The summed E-state index contributed by atoms with van der Waals surface area (Å²) in [5, 5.41) is 12.1. The normalized spacial score (nSPS) is 11.0. The maximum atomic E-state index is 9.86. The summed E-state index contributed by atoms with van der Waals surface area (Å²) in [7, 11) is 0. The van der Waals surface area contributed by atoms with Gasteiger partial charge in [-0.05, 0) is 42.5 Å². The van der Waals surface area contributed by atoms with E-state index >= 15 is 0 Å². The van der Waals surface area contributed by atoms with Crippen LogP contribution in [0.5, 0.6) is 0 Å². The number of hydrogen-bond donors (Lipinski definition) is 0. The number of nitriles is 1. The van der Waals surface area contributed by atoms with Crippen molar-refractivity contribution in [1.82, 2.24) is 9.55 Å². The zero-order valence-electron chi connectivity index (χ0n) is 17.8. The van der Waals surface area contributed by atoms with Crippen molar-refractivity contribution >= 4 is 21.8 Å². The smallest absolute Gasteiger partial charge is 0.0992 e. The van der Waals surface area contributed by atoms with Crippen LogP contribution < -0.4 is 0 Å². The van der Waals surface area contributed by atoms with Gasteiger partial charge in [0.1, 0.15) is 0 Å². The monoisotopic (exact) mass is 421 g/mol. The molecule has 6 aromatic rings. The molecule has 4 aromatic carbocycles. The summed E-state index contributed by atoms with van der Waals surface area (Å²) < 4.78 is 2.23. The minimum atomic E-state index is 0.615. The molecule has 2 heterocycles. The molecule has 3 nitrogen and oxygen atoms in total. The quantitative estimate of drug-likeness (QED) is 0.299. The number of nitrogens with zero attached hydrogens (tertiary/aromatic N) is 3. The van der Waals surface area contributed by atoms with Gasteiger partial charge < -0.3 is 4.57 Å². The molecule has 0 aliphatic heterocycles. The zero-order valence-corrected chi connectivity index (χ0v) is 17.8. The minimum absolute atomic E-state index is 0.615. The van der Waals surface area contributed by atoms with Gasteiger partial charge in [-0.3, -0.25) is 0 Å². The van der Waals surface area contributed by atoms with E-state index in [0.29, 0.717) is 5.56 Å². The SMILES string of the molecule is N#Cc1cc(-c2cccc(-c3ccccc3)n2)c2c3ccccc3n(-c3ccccc3)c2c1. The Labute approximate surface area is 191 Å². The highest BCUT2D eigenvalue weighted by Crippen LogP contribution is 2.39. The molecule has 0 fully saturated rings. The Kier molecular flexibility index (Phi) is 4.49. The number of aromatic nitrogens is 2. The average Bonchev–Trinajstić information content (AvgIpc) is 3.23. The highest BCUT2D eigenvalue weighted by Gasteiger charge is 2.18. The van der Waals surface area contributed by atoms with E-state index in [-0.39, 0.29) is 0 Å². The molecule has 0 unspecified atom stereocenters. The van der Waals surface area contributed by atoms with Crippen molar-refractivity contribution in [3.63, 3.8) is 0 Å². The van der Waals surface area contributed by atoms with Crippen molar-refractivity contribution in [2.75, 3.05) is 0 Å². The highest BCUT2D eigenvalue weighted by molar-refractivity contribution is 6.15. The first-order chi connectivity index (χ1) is 16.3. The molecule has 0 saturated heterocycles. The molecular formula is C30H19N3. The Bertz CT molecular complexity index is 1660. The van der Waals surface area contributed by atoms with Crippen molar-refractivity contribution in [2.45, 2.75) is 0 Å². The van der Waals surface area contributed by atoms with Gasteiger partial charge in [0.05, 0.1) is 34.1 Å². The molecule has 6 rings (SSSR count). The van der Waals surface area contributed by atoms with Crippen LogP contribution >= 0.6 is 0 Å². The molecule has 0 atom stereocenters. The van der Waals surface area contributed by atoms with Gasteiger partial charge >= 0.3 is 0 Å². The lowest BCUT2D eigenvalue weighted by Crippen LogP contribution is -1.94. The fourth-order valence-electron chi connectivity index (χ4n) is 4.57. The van der Waals surface area contributed by atoms with Crippen molar-refractivity contribution in [3.05, 3.63) is 121 Å². The lowest BCUT2D eigenvalue weighted by Gasteiger charge is -2.10. The van der Waals surface area contributed by atoms with Gasteiger partial charge in [-0.1, -0.05) is 72.8 Å². The summed E-state index contributed by atoms with van der Waals surface area (Å²) in [5.74, 6) is 0. The van der Waals surface area contributed by atoms with E-state index in [1.165, 1.54) is 0 Å². The second-order valence-electron chi connectivity index (χ2n) is 7.99. The number of para-hydroxylation sites is 2. The van der Waals surface area contributed by atoms with Gasteiger partial charge in [-0.15, -0.1) is 0 Å². The number of rotatable bonds is 3. The third-order valence-corrected chi connectivity index (χ3v) is 6.01. The van der Waals surface area contributed by atoms with Gasteiger partial charge in [-0.2, -0.15) is 5.26 Å². The van der Waals surface area contributed by atoms with Crippen LogP contribution in [0.25, 0.3) is 50.0 Å². The summed E-state index contributed by atoms with van der Waals surface area (Å²) in [6.45, 7) is 0. The van der Waals surface area contributed by atoms with Gasteiger partial charge in [-0.25, -0.2) is 4.98 Å². The second kappa shape index (κ2) is 7.78. The van der Waals surface area contributed by atoms with Gasteiger partial charge in [0.25, 0.3) is 0 Å². The van der Waals surface area contributed by atoms with Crippen LogP contribution in [0.4, 0.5) is 0 Å². The van der Waals surface area contributed by atoms with Crippen LogP contribution in [-0.4, -0.2) is 9.55 Å². The van der Waals surface area contributed by atoms with Crippen LogP contribution in [-0.2, 0) is 0 Å². The van der Waals surface area contributed by atoms with E-state index in [2.05, 4.69) is 59.2 Å². The second-order valence-corrected chi connectivity index (χ2v) is 7.99. The Morgan fingerprint density at radius 1 is 0.636 bits per heavy atom. The topological polar surface area (TPSA) is 41.6 Å². The van der Waals surface area contributed by atoms with E-state index < -0.39 is 0 Å². The van der Waals surface area contributed by atoms with Gasteiger partial charge in [0, 0.05) is 27.6 Å². The molecule has 0 aliphatic carbocycles. The standard InChI is InChI=1S/C30H19N3/c31-20-21-18-25(27-16-9-15-26(32-27)22-10-3-1-4-11-22)30-24-14-7-8-17-28(24)33(29(30)19-21)23-12-5-2-6-13-23/h1-19H. The number of pyridine rings is 1. The molecule has 154 valence electrons. The molecule has 0 N–H and O–H groups in total. The lowest BCUT2D eigenvalue weighted by atomic mass is 10.00. The Balaban J connectivity index is 1.71. The molecule has 2 aromatic heterocycles. The molecule has 0 spiro atoms. The van der Waals surface area contributed by atoms with E-state index in [0.717, 1.165) is 50.0 Å². The predicted molar refractivity (Wildman–Crippen MR) is 134 cm³/mol. The first-order valence-electron chi connectivity index (χ1n) is 10.9. The van der Waals surface area contributed by atoms with Crippen molar-refractivity contribution < 1.29 is 0 Å². The largest absolute Gasteiger partial charge is 0.309 e. The summed E-state index contributed by atoms with van der Waals surface area (Å²) in [5.41, 5.74) is 7.59. The molecular weight excluding hydrogens is 402 g/mol.